The summed E-state index contributed by atoms with van der Waals surface area (Å²) < 4.78 is 11.1. The first-order valence-corrected chi connectivity index (χ1v) is 7.73. The quantitative estimate of drug-likeness (QED) is 0.459. The summed E-state index contributed by atoms with van der Waals surface area (Å²) in [6, 6.07) is 5.95. The fourth-order valence-corrected chi connectivity index (χ4v) is 1.89. The molecule has 2 N–H and O–H groups in total. The fraction of sp³-hybridized carbons (Fsp3) is 0.500. The zero-order valence-electron chi connectivity index (χ0n) is 13.8. The monoisotopic (exact) mass is 323 g/mol. The molecule has 0 aliphatic heterocycles. The second kappa shape index (κ2) is 9.25. The fourth-order valence-electron chi connectivity index (χ4n) is 1.60. The van der Waals surface area contributed by atoms with Crippen molar-refractivity contribution >= 4 is 23.5 Å². The Bertz CT molecular complexity index is 516. The van der Waals surface area contributed by atoms with Crippen LogP contribution in [0.15, 0.2) is 23.3 Å². The minimum absolute atomic E-state index is 0.271. The Morgan fingerprint density at radius 2 is 2.00 bits per heavy atom. The van der Waals surface area contributed by atoms with Crippen LogP contribution in [0.5, 0.6) is 11.5 Å². The van der Waals surface area contributed by atoms with Crippen LogP contribution in [0.4, 0.5) is 0 Å². The van der Waals surface area contributed by atoms with E-state index in [0.29, 0.717) is 23.4 Å². The van der Waals surface area contributed by atoms with Crippen LogP contribution >= 0.6 is 12.2 Å². The molecule has 1 rings (SSSR count). The number of hydrazone groups is 1. The molecule has 0 unspecified atom stereocenters. The van der Waals surface area contributed by atoms with Crippen LogP contribution in [0, 0.1) is 5.92 Å². The predicted molar refractivity (Wildman–Crippen MR) is 94.9 cm³/mol. The molecule has 1 aromatic carbocycles. The third-order valence-electron chi connectivity index (χ3n) is 2.56. The van der Waals surface area contributed by atoms with Crippen molar-refractivity contribution in [1.29, 1.82) is 0 Å². The van der Waals surface area contributed by atoms with E-state index in [0.717, 1.165) is 11.3 Å². The maximum Gasteiger partial charge on any atom is 0.187 e. The number of benzene rings is 1. The zero-order chi connectivity index (χ0) is 16.5. The second-order valence-electron chi connectivity index (χ2n) is 5.61. The van der Waals surface area contributed by atoms with Gasteiger partial charge in [-0.3, -0.25) is 5.43 Å². The summed E-state index contributed by atoms with van der Waals surface area (Å²) in [5.74, 6) is 1.88. The summed E-state index contributed by atoms with van der Waals surface area (Å²) in [5.41, 5.74) is 3.67. The van der Waals surface area contributed by atoms with E-state index in [9.17, 15) is 0 Å². The van der Waals surface area contributed by atoms with Crippen LogP contribution in [0.25, 0.3) is 0 Å². The molecule has 1 aromatic rings. The zero-order valence-corrected chi connectivity index (χ0v) is 14.7. The molecule has 0 aromatic heterocycles. The standard InChI is InChI=1S/C16H25N3O2S/c1-11(2)10-21-14-7-6-13(8-15(14)20-5)9-17-19-16(22)18-12(3)4/h6-9,11-12H,10H2,1-5H3,(H2,18,19,22)/b17-9-. The van der Waals surface area contributed by atoms with Crippen LogP contribution in [-0.4, -0.2) is 31.1 Å². The Morgan fingerprint density at radius 3 is 2.59 bits per heavy atom. The van der Waals surface area contributed by atoms with Gasteiger partial charge in [0.15, 0.2) is 16.6 Å². The highest BCUT2D eigenvalue weighted by Gasteiger charge is 2.06. The lowest BCUT2D eigenvalue weighted by Crippen LogP contribution is -2.36. The Hall–Kier alpha value is -1.82. The molecule has 0 fully saturated rings. The minimum atomic E-state index is 0.271. The van der Waals surface area contributed by atoms with Crippen LogP contribution in [0.1, 0.15) is 33.3 Å². The molecule has 22 heavy (non-hydrogen) atoms. The number of ether oxygens (including phenoxy) is 2. The lowest BCUT2D eigenvalue weighted by Gasteiger charge is -2.12. The van der Waals surface area contributed by atoms with Crippen molar-refractivity contribution in [3.05, 3.63) is 23.8 Å². The van der Waals surface area contributed by atoms with Crippen molar-refractivity contribution in [2.75, 3.05) is 13.7 Å². The lowest BCUT2D eigenvalue weighted by molar-refractivity contribution is 0.257. The summed E-state index contributed by atoms with van der Waals surface area (Å²) >= 11 is 5.09. The Morgan fingerprint density at radius 1 is 1.27 bits per heavy atom. The lowest BCUT2D eigenvalue weighted by atomic mass is 10.2. The Labute approximate surface area is 138 Å². The molecule has 5 nitrogen and oxygen atoms in total. The topological polar surface area (TPSA) is 54.9 Å². The number of hydrogen-bond acceptors (Lipinski definition) is 4. The van der Waals surface area contributed by atoms with Gasteiger partial charge in [0.25, 0.3) is 0 Å². The molecule has 0 heterocycles. The molecule has 0 aliphatic carbocycles. The van der Waals surface area contributed by atoms with Gasteiger partial charge in [-0.2, -0.15) is 5.10 Å². The summed E-state index contributed by atoms with van der Waals surface area (Å²) in [7, 11) is 1.62. The van der Waals surface area contributed by atoms with Gasteiger partial charge >= 0.3 is 0 Å². The van der Waals surface area contributed by atoms with E-state index in [1.807, 2.05) is 32.0 Å². The van der Waals surface area contributed by atoms with Gasteiger partial charge in [0.05, 0.1) is 19.9 Å². The molecule has 6 heteroatoms. The average molecular weight is 323 g/mol. The van der Waals surface area contributed by atoms with Crippen molar-refractivity contribution in [2.45, 2.75) is 33.7 Å². The third kappa shape index (κ3) is 6.76. The molecule has 0 aliphatic rings. The van der Waals surface area contributed by atoms with E-state index in [1.165, 1.54) is 0 Å². The number of rotatable bonds is 7. The van der Waals surface area contributed by atoms with E-state index >= 15 is 0 Å². The van der Waals surface area contributed by atoms with Gasteiger partial charge < -0.3 is 14.8 Å². The Kier molecular flexibility index (Phi) is 7.66. The van der Waals surface area contributed by atoms with Crippen LogP contribution in [0.3, 0.4) is 0 Å². The molecular formula is C16H25N3O2S. The maximum atomic E-state index is 5.71. The molecule has 0 radical (unpaired) electrons. The number of nitrogens with zero attached hydrogens (tertiary/aromatic N) is 1. The van der Waals surface area contributed by atoms with E-state index in [-0.39, 0.29) is 6.04 Å². The summed E-state index contributed by atoms with van der Waals surface area (Å²) in [6.45, 7) is 8.89. The van der Waals surface area contributed by atoms with Gasteiger partial charge in [-0.05, 0) is 55.7 Å². The van der Waals surface area contributed by atoms with Gasteiger partial charge in [0, 0.05) is 6.04 Å². The highest BCUT2D eigenvalue weighted by molar-refractivity contribution is 7.80. The third-order valence-corrected chi connectivity index (χ3v) is 2.77. The number of hydrogen-bond donors (Lipinski definition) is 2. The van der Waals surface area contributed by atoms with E-state index in [4.69, 9.17) is 21.7 Å². The number of nitrogens with one attached hydrogen (secondary N) is 2. The summed E-state index contributed by atoms with van der Waals surface area (Å²) in [6.07, 6.45) is 1.68. The van der Waals surface area contributed by atoms with Crippen molar-refractivity contribution in [2.24, 2.45) is 11.0 Å². The van der Waals surface area contributed by atoms with E-state index in [2.05, 4.69) is 29.7 Å². The highest BCUT2D eigenvalue weighted by Crippen LogP contribution is 2.27. The average Bonchev–Trinajstić information content (AvgIpc) is 2.44. The van der Waals surface area contributed by atoms with Crippen LogP contribution in [-0.2, 0) is 0 Å². The van der Waals surface area contributed by atoms with Crippen molar-refractivity contribution in [1.82, 2.24) is 10.7 Å². The van der Waals surface area contributed by atoms with Gasteiger partial charge in [-0.25, -0.2) is 0 Å². The molecule has 0 spiro atoms. The second-order valence-corrected chi connectivity index (χ2v) is 6.02. The molecule has 0 amide bonds. The predicted octanol–water partition coefficient (Wildman–Crippen LogP) is 2.94. The molecule has 0 atom stereocenters. The Balaban J connectivity index is 2.66. The molecule has 0 saturated carbocycles. The van der Waals surface area contributed by atoms with Gasteiger partial charge in [0.1, 0.15) is 0 Å². The normalized spacial score (nSPS) is 11.0. The van der Waals surface area contributed by atoms with Gasteiger partial charge in [0.2, 0.25) is 0 Å². The summed E-state index contributed by atoms with van der Waals surface area (Å²) in [4.78, 5) is 0. The van der Waals surface area contributed by atoms with Crippen molar-refractivity contribution < 1.29 is 9.47 Å². The largest absolute Gasteiger partial charge is 0.493 e. The molecule has 0 saturated heterocycles. The van der Waals surface area contributed by atoms with Crippen molar-refractivity contribution in [3.63, 3.8) is 0 Å². The smallest absolute Gasteiger partial charge is 0.187 e. The molecule has 0 bridgehead atoms. The first kappa shape index (κ1) is 18.2. The molecule has 122 valence electrons. The van der Waals surface area contributed by atoms with Gasteiger partial charge in [-0.15, -0.1) is 0 Å². The number of methoxy groups -OCH3 is 1. The van der Waals surface area contributed by atoms with E-state index in [1.54, 1.807) is 13.3 Å². The highest BCUT2D eigenvalue weighted by atomic mass is 32.1. The molecular weight excluding hydrogens is 298 g/mol. The minimum Gasteiger partial charge on any atom is -0.493 e. The van der Waals surface area contributed by atoms with Crippen molar-refractivity contribution in [3.8, 4) is 11.5 Å². The summed E-state index contributed by atoms with van der Waals surface area (Å²) in [5, 5.41) is 7.64. The first-order chi connectivity index (χ1) is 10.4. The first-order valence-electron chi connectivity index (χ1n) is 7.32. The maximum absolute atomic E-state index is 5.71. The number of thiocarbonyl (C=S) groups is 1. The van der Waals surface area contributed by atoms with Crippen LogP contribution in [0.2, 0.25) is 0 Å². The van der Waals surface area contributed by atoms with Gasteiger partial charge in [-0.1, -0.05) is 13.8 Å². The van der Waals surface area contributed by atoms with E-state index < -0.39 is 0 Å². The SMILES string of the molecule is COc1cc(/C=N\NC(=S)NC(C)C)ccc1OCC(C)C. The van der Waals surface area contributed by atoms with Crippen LogP contribution < -0.4 is 20.2 Å².